The number of aromatic hydroxyl groups is 1. The summed E-state index contributed by atoms with van der Waals surface area (Å²) >= 11 is 0. The number of hydrogen-bond donors (Lipinski definition) is 6. The average molecular weight is 464 g/mol. The van der Waals surface area contributed by atoms with Crippen LogP contribution in [0.3, 0.4) is 0 Å². The highest BCUT2D eigenvalue weighted by molar-refractivity contribution is 5.84. The minimum absolute atomic E-state index is 0.0178. The number of aliphatic hydroxyl groups excluding tert-OH is 4. The van der Waals surface area contributed by atoms with Crippen molar-refractivity contribution >= 4 is 11.0 Å². The Kier molecular flexibility index (Phi) is 6.29. The summed E-state index contributed by atoms with van der Waals surface area (Å²) in [5.41, 5.74) is -2.37. The standard InChI is InChI=1S/C22H24O11/c1-30-11-6-12(24)17-13(25)8-16(32-14(17)7-11)22(29)4-2-10(3-5-22)31-21-20(28)19(27)18(26)15(9-23)33-21/h2-8,10,15,18-21,23-24,26-29H,9H2,1H3/t10?,15-,18-,19-,20-,21-,22?/m0/s1. The summed E-state index contributed by atoms with van der Waals surface area (Å²) in [5, 5.41) is 60.2. The Hall–Kier alpha value is -2.77. The minimum atomic E-state index is -1.82. The lowest BCUT2D eigenvalue weighted by Crippen LogP contribution is -2.59. The van der Waals surface area contributed by atoms with Gasteiger partial charge >= 0.3 is 0 Å². The van der Waals surface area contributed by atoms with Gasteiger partial charge in [0.2, 0.25) is 0 Å². The molecule has 1 aliphatic heterocycles. The zero-order valence-electron chi connectivity index (χ0n) is 17.4. The molecule has 0 saturated carbocycles. The lowest BCUT2D eigenvalue weighted by molar-refractivity contribution is -0.304. The third-order valence-electron chi connectivity index (χ3n) is 5.63. The van der Waals surface area contributed by atoms with Gasteiger partial charge in [0.1, 0.15) is 52.6 Å². The van der Waals surface area contributed by atoms with Crippen LogP contribution in [-0.2, 0) is 15.1 Å². The Morgan fingerprint density at radius 3 is 2.39 bits per heavy atom. The molecular weight excluding hydrogens is 440 g/mol. The van der Waals surface area contributed by atoms with Crippen LogP contribution in [0.4, 0.5) is 0 Å². The Morgan fingerprint density at radius 2 is 1.76 bits per heavy atom. The summed E-state index contributed by atoms with van der Waals surface area (Å²) in [6, 6.07) is 3.74. The molecule has 1 saturated heterocycles. The number of methoxy groups -OCH3 is 1. The molecule has 1 fully saturated rings. The van der Waals surface area contributed by atoms with Crippen molar-refractivity contribution in [2.75, 3.05) is 13.7 Å². The van der Waals surface area contributed by atoms with Crippen molar-refractivity contribution in [1.82, 2.24) is 0 Å². The number of fused-ring (bicyclic) bond motifs is 1. The predicted octanol–water partition coefficient (Wildman–Crippen LogP) is -0.994. The van der Waals surface area contributed by atoms with Crippen molar-refractivity contribution in [3.05, 3.63) is 58.5 Å². The van der Waals surface area contributed by atoms with Gasteiger partial charge in [0, 0.05) is 18.2 Å². The molecule has 5 atom stereocenters. The number of ether oxygens (including phenoxy) is 3. The van der Waals surface area contributed by atoms with Crippen LogP contribution in [0.1, 0.15) is 5.76 Å². The molecule has 33 heavy (non-hydrogen) atoms. The van der Waals surface area contributed by atoms with Crippen LogP contribution >= 0.6 is 0 Å². The van der Waals surface area contributed by atoms with Crippen molar-refractivity contribution < 1.29 is 49.3 Å². The zero-order valence-corrected chi connectivity index (χ0v) is 17.4. The largest absolute Gasteiger partial charge is 0.507 e. The van der Waals surface area contributed by atoms with E-state index in [1.165, 1.54) is 43.5 Å². The molecule has 1 aliphatic carbocycles. The maximum Gasteiger partial charge on any atom is 0.196 e. The number of hydrogen-bond acceptors (Lipinski definition) is 11. The van der Waals surface area contributed by atoms with E-state index in [0.717, 1.165) is 6.07 Å². The molecule has 2 aromatic rings. The summed E-state index contributed by atoms with van der Waals surface area (Å²) in [6.07, 6.45) is -2.56. The summed E-state index contributed by atoms with van der Waals surface area (Å²) in [4.78, 5) is 12.5. The summed E-state index contributed by atoms with van der Waals surface area (Å²) in [7, 11) is 1.39. The van der Waals surface area contributed by atoms with Crippen molar-refractivity contribution in [2.45, 2.75) is 42.4 Å². The van der Waals surface area contributed by atoms with Crippen molar-refractivity contribution in [1.29, 1.82) is 0 Å². The van der Waals surface area contributed by atoms with Gasteiger partial charge in [-0.15, -0.1) is 0 Å². The first kappa shape index (κ1) is 23.4. The normalized spacial score (nSPS) is 34.0. The first-order chi connectivity index (χ1) is 15.7. The average Bonchev–Trinajstić information content (AvgIpc) is 2.80. The van der Waals surface area contributed by atoms with Crippen LogP contribution in [-0.4, -0.2) is 81.2 Å². The van der Waals surface area contributed by atoms with Gasteiger partial charge in [-0.2, -0.15) is 0 Å². The first-order valence-corrected chi connectivity index (χ1v) is 10.1. The fourth-order valence-corrected chi connectivity index (χ4v) is 3.75. The van der Waals surface area contributed by atoms with E-state index in [1.807, 2.05) is 0 Å². The van der Waals surface area contributed by atoms with Crippen LogP contribution in [0.2, 0.25) is 0 Å². The Balaban J connectivity index is 1.56. The van der Waals surface area contributed by atoms with E-state index < -0.39 is 54.4 Å². The Morgan fingerprint density at radius 1 is 1.06 bits per heavy atom. The molecule has 1 aromatic heterocycles. The maximum atomic E-state index is 12.5. The summed E-state index contributed by atoms with van der Waals surface area (Å²) < 4.78 is 21.6. The van der Waals surface area contributed by atoms with E-state index in [0.29, 0.717) is 0 Å². The van der Waals surface area contributed by atoms with E-state index >= 15 is 0 Å². The molecule has 0 radical (unpaired) electrons. The van der Waals surface area contributed by atoms with E-state index in [4.69, 9.17) is 18.6 Å². The maximum absolute atomic E-state index is 12.5. The molecule has 4 rings (SSSR count). The molecule has 0 amide bonds. The SMILES string of the molecule is COc1cc(O)c2c(=O)cc(C3(O)C=CC(O[C@H]4O[C@@H](CO)[C@H](O)[C@H](O)[C@@H]4O)C=C3)oc2c1. The van der Waals surface area contributed by atoms with Gasteiger partial charge in [-0.05, 0) is 12.2 Å². The van der Waals surface area contributed by atoms with E-state index in [-0.39, 0.29) is 28.2 Å². The summed E-state index contributed by atoms with van der Waals surface area (Å²) in [5.74, 6) is -0.180. The molecular formula is C22H24O11. The van der Waals surface area contributed by atoms with Crippen LogP contribution in [0.25, 0.3) is 11.0 Å². The molecule has 11 heteroatoms. The molecule has 11 nitrogen and oxygen atoms in total. The lowest BCUT2D eigenvalue weighted by atomic mass is 9.93. The number of rotatable bonds is 5. The number of aliphatic hydroxyl groups is 5. The topological polar surface area (TPSA) is 179 Å². The van der Waals surface area contributed by atoms with Crippen molar-refractivity contribution in [2.24, 2.45) is 0 Å². The fraction of sp³-hybridized carbons (Fsp3) is 0.409. The third kappa shape index (κ3) is 4.27. The lowest BCUT2D eigenvalue weighted by Gasteiger charge is -2.40. The zero-order chi connectivity index (χ0) is 23.9. The van der Waals surface area contributed by atoms with Gasteiger partial charge in [-0.1, -0.05) is 12.2 Å². The van der Waals surface area contributed by atoms with Gasteiger partial charge < -0.3 is 49.3 Å². The highest BCUT2D eigenvalue weighted by Crippen LogP contribution is 2.34. The molecule has 0 spiro atoms. The number of phenols is 1. The molecule has 6 N–H and O–H groups in total. The number of benzene rings is 1. The quantitative estimate of drug-likeness (QED) is 0.299. The van der Waals surface area contributed by atoms with Crippen LogP contribution in [0.5, 0.6) is 11.5 Å². The van der Waals surface area contributed by atoms with E-state index in [2.05, 4.69) is 0 Å². The van der Waals surface area contributed by atoms with Crippen LogP contribution in [0, 0.1) is 0 Å². The van der Waals surface area contributed by atoms with Gasteiger partial charge in [0.05, 0.1) is 19.8 Å². The van der Waals surface area contributed by atoms with Crippen LogP contribution < -0.4 is 10.2 Å². The van der Waals surface area contributed by atoms with Crippen molar-refractivity contribution in [3.8, 4) is 11.5 Å². The monoisotopic (exact) mass is 464 g/mol. The second kappa shape index (κ2) is 8.88. The van der Waals surface area contributed by atoms with Gasteiger partial charge in [0.25, 0.3) is 0 Å². The first-order valence-electron chi connectivity index (χ1n) is 10.1. The molecule has 0 unspecified atom stereocenters. The second-order valence-corrected chi connectivity index (χ2v) is 7.84. The van der Waals surface area contributed by atoms with Gasteiger partial charge in [0.15, 0.2) is 17.3 Å². The second-order valence-electron chi connectivity index (χ2n) is 7.84. The third-order valence-corrected chi connectivity index (χ3v) is 5.63. The summed E-state index contributed by atoms with van der Waals surface area (Å²) in [6.45, 7) is -0.595. The fourth-order valence-electron chi connectivity index (χ4n) is 3.75. The highest BCUT2D eigenvalue weighted by atomic mass is 16.7. The van der Waals surface area contributed by atoms with Gasteiger partial charge in [-0.3, -0.25) is 4.79 Å². The highest BCUT2D eigenvalue weighted by Gasteiger charge is 2.45. The smallest absolute Gasteiger partial charge is 0.196 e. The van der Waals surface area contributed by atoms with E-state index in [1.54, 1.807) is 0 Å². The molecule has 2 aliphatic rings. The van der Waals surface area contributed by atoms with Crippen molar-refractivity contribution in [3.63, 3.8) is 0 Å². The molecule has 0 bridgehead atoms. The Bertz CT molecular complexity index is 1120. The molecule has 2 heterocycles. The number of phenolic OH excluding ortho intramolecular Hbond substituents is 1. The molecule has 1 aromatic carbocycles. The predicted molar refractivity (Wildman–Crippen MR) is 112 cm³/mol. The van der Waals surface area contributed by atoms with E-state index in [9.17, 15) is 35.4 Å². The Labute approximate surface area is 187 Å². The van der Waals surface area contributed by atoms with Gasteiger partial charge in [-0.25, -0.2) is 0 Å². The van der Waals surface area contributed by atoms with Crippen LogP contribution in [0.15, 0.2) is 51.7 Å². The minimum Gasteiger partial charge on any atom is -0.507 e. The molecule has 178 valence electrons.